The Morgan fingerprint density at radius 1 is 0.326 bits per heavy atom. The number of benzene rings is 3. The first kappa shape index (κ1) is 105. The number of carbonyl (C=O) groups is 8. The van der Waals surface area contributed by atoms with Gasteiger partial charge in [0.1, 0.15) is 5.71 Å². The van der Waals surface area contributed by atoms with Gasteiger partial charge in [0.05, 0.1) is 61.2 Å². The molecule has 26 fully saturated rings. The van der Waals surface area contributed by atoms with Crippen LogP contribution in [0.1, 0.15) is 440 Å². The van der Waals surface area contributed by atoms with E-state index in [4.69, 9.17) is 33.9 Å². The van der Waals surface area contributed by atoms with E-state index in [1.807, 2.05) is 56.3 Å². The Morgan fingerprint density at radius 2 is 0.625 bits per heavy atom. The minimum atomic E-state index is -0.526. The second-order valence-corrected chi connectivity index (χ2v) is 51.4. The molecule has 782 valence electrons. The number of hydrogen-bond acceptors (Lipinski definition) is 22. The molecule has 26 saturated carbocycles. The first-order valence-electron chi connectivity index (χ1n) is 57.6. The molecule has 3 aromatic carbocycles. The zero-order valence-corrected chi connectivity index (χ0v) is 88.4. The van der Waals surface area contributed by atoms with Crippen LogP contribution in [0, 0.1) is 150 Å². The number of Topliss-reactive ketones (excluding diaryl/α,β-unsaturated/α-hetero) is 1. The Hall–Kier alpha value is -8.69. The average Bonchev–Trinajstić information content (AvgIpc) is 1.54. The van der Waals surface area contributed by atoms with Crippen molar-refractivity contribution < 1.29 is 72.2 Å². The van der Waals surface area contributed by atoms with E-state index in [0.717, 1.165) is 254 Å². The number of oxime groups is 7. The quantitative estimate of drug-likeness (QED) is 0.0591. The van der Waals surface area contributed by atoms with Gasteiger partial charge in [0.2, 0.25) is 0 Å². The average molecular weight is 1970 g/mol. The molecule has 22 heteroatoms. The van der Waals surface area contributed by atoms with E-state index in [1.54, 1.807) is 67.9 Å². The Labute approximate surface area is 857 Å². The van der Waals surface area contributed by atoms with Crippen LogP contribution in [-0.4, -0.2) is 88.6 Å². The van der Waals surface area contributed by atoms with Gasteiger partial charge >= 0.3 is 41.8 Å². The van der Waals surface area contributed by atoms with Gasteiger partial charge in [-0.3, -0.25) is 4.79 Å². The topological polar surface area (TPSA) is 288 Å². The molecule has 0 amide bonds. The van der Waals surface area contributed by atoms with Gasteiger partial charge < -0.3 is 33.9 Å². The standard InChI is InChI=1S/C22H33NO2.C21H29NO2.C21H31NO2.C17H19NO3.C14H21NO2.C14H17NO2.C13H19NO2/c24-22(20-16-12-11-13-17-20)25-23-21-18-14-9-7-5-3-1-2-4-6-8-10-15-19-21;23-20(21-9-14-2-15(10-21)4-16(3-14)11-21)24-22-19-17-5-12-1-13(7-17)8-18(19)6-12;1-19(2)16-4-5-20(19,3)17(9-16)22-24-18(23)21-10-13-6-14(11-21)8-15(7-13)12-21;1-16(2)12-9-10-17(16,3)14(19)13(12)18-21-15(20)11-7-5-4-6-8-11;1-2-3-15-17-13(16)14-7-10-4-11(8-14)6-12(5-10)9-14;16-14(12-8-4-3-5-9-12)17-15-13-10-6-1-2-7-11-13;1-2-14-16-12(15)13-6-9-3-10(7-13)5-11(4-9)8-13/h11-13,16-17H,1-10,14-15,18-19H2;12-18H,1-11H2;13-16H,4-12H2,1-3H3;4-8,12H,9-10H2,1-3H3;3,10-12H,2,4-9H2,1H3;3-5,8-9H,1-2,6-7,10-11H2;2,9-11H,3-8H2,1H3/b;;22-17-;18-13-;15-3+;;14-2+. The summed E-state index contributed by atoms with van der Waals surface area (Å²) in [5.74, 6) is 12.0. The second kappa shape index (κ2) is 46.2. The predicted molar refractivity (Wildman–Crippen MR) is 561 cm³/mol. The summed E-state index contributed by atoms with van der Waals surface area (Å²) in [6, 6.07) is 26.7. The van der Waals surface area contributed by atoms with Gasteiger partial charge in [-0.1, -0.05) is 216 Å². The SMILES string of the molecule is C/C=N/OC(=O)C12CC3CC(CC(C3)C1)C2.CC/C=N/OC(=O)C12CC3CC(CC(C3)C1)C2.CC12CCC(/C(=N/OC(=O)c3ccccc3)C1=O)C2(C)C.CC12CCC(C/C1=N/OC(=O)C13CC4CC(CC(C4)C1)C3)C2(C)C.O=C(ON=C1C2CC3CC(C2)CC1C3)C12CC3CC(CC(C3)C1)C2.O=C(ON=C1CCCCCC1)c1ccccc1.O=C(ON=C1CCCCCCCCCCCCCC1)c1ccccc1. The summed E-state index contributed by atoms with van der Waals surface area (Å²) in [4.78, 5) is 135. The molecule has 29 rings (SSSR count). The molecule has 0 spiro atoms. The Bertz CT molecular complexity index is 5020. The lowest BCUT2D eigenvalue weighted by Crippen LogP contribution is -2.50. The maximum Gasteiger partial charge on any atom is 0.365 e. The molecule has 0 heterocycles. The van der Waals surface area contributed by atoms with Crippen molar-refractivity contribution in [2.24, 2.45) is 186 Å². The Morgan fingerprint density at radius 3 is 0.924 bits per heavy atom. The third-order valence-corrected chi connectivity index (χ3v) is 40.9. The zero-order valence-electron chi connectivity index (χ0n) is 88.4. The lowest BCUT2D eigenvalue weighted by molar-refractivity contribution is -0.172. The Balaban J connectivity index is 0.000000111. The first-order chi connectivity index (χ1) is 69.5. The predicted octanol–water partition coefficient (Wildman–Crippen LogP) is 28.9. The number of carbonyl (C=O) groups excluding carboxylic acids is 8. The number of ketones is 1. The number of nitrogens with zero attached hydrogens (tertiary/aromatic N) is 7. The van der Waals surface area contributed by atoms with Crippen molar-refractivity contribution in [3.05, 3.63) is 108 Å². The number of rotatable bonds is 15. The van der Waals surface area contributed by atoms with Crippen molar-refractivity contribution in [3.63, 3.8) is 0 Å². The normalized spacial score (nSPS) is 37.5. The van der Waals surface area contributed by atoms with Crippen LogP contribution in [0.3, 0.4) is 0 Å². The first-order valence-corrected chi connectivity index (χ1v) is 57.6. The highest BCUT2D eigenvalue weighted by molar-refractivity contribution is 6.45. The fourth-order valence-electron chi connectivity index (χ4n) is 34.1. The third-order valence-electron chi connectivity index (χ3n) is 40.9. The van der Waals surface area contributed by atoms with Gasteiger partial charge in [0, 0.05) is 41.0 Å². The molecule has 3 aromatic rings. The fourth-order valence-corrected chi connectivity index (χ4v) is 34.1. The highest BCUT2D eigenvalue weighted by Crippen LogP contribution is 2.68. The highest BCUT2D eigenvalue weighted by Gasteiger charge is 2.67. The molecule has 0 saturated heterocycles. The van der Waals surface area contributed by atoms with Crippen LogP contribution in [-0.2, 0) is 57.8 Å². The van der Waals surface area contributed by atoms with Crippen molar-refractivity contribution in [1.82, 2.24) is 0 Å². The molecule has 0 aromatic heterocycles. The summed E-state index contributed by atoms with van der Waals surface area (Å²) in [5.41, 5.74) is 5.69. The highest BCUT2D eigenvalue weighted by atomic mass is 16.7. The lowest BCUT2D eigenvalue weighted by Gasteiger charge is -2.54. The summed E-state index contributed by atoms with van der Waals surface area (Å²) in [7, 11) is 0. The van der Waals surface area contributed by atoms with Crippen LogP contribution in [0.15, 0.2) is 127 Å². The van der Waals surface area contributed by atoms with Crippen LogP contribution in [0.4, 0.5) is 0 Å². The van der Waals surface area contributed by atoms with Gasteiger partial charge in [-0.2, -0.15) is 0 Å². The molecule has 4 atom stereocenters. The van der Waals surface area contributed by atoms with E-state index in [0.29, 0.717) is 45.6 Å². The zero-order chi connectivity index (χ0) is 100. The van der Waals surface area contributed by atoms with Crippen molar-refractivity contribution in [2.75, 3.05) is 0 Å². The molecule has 144 heavy (non-hydrogen) atoms. The van der Waals surface area contributed by atoms with Gasteiger partial charge in [-0.15, -0.1) is 0 Å². The van der Waals surface area contributed by atoms with Crippen LogP contribution >= 0.6 is 0 Å². The molecule has 24 bridgehead atoms. The summed E-state index contributed by atoms with van der Waals surface area (Å²) in [6.07, 6.45) is 69.5. The third kappa shape index (κ3) is 23.8. The largest absolute Gasteiger partial charge is 0.365 e. The maximum absolute atomic E-state index is 13.0. The number of fused-ring (bicyclic) bond motifs is 4. The van der Waals surface area contributed by atoms with Crippen molar-refractivity contribution in [3.8, 4) is 0 Å². The van der Waals surface area contributed by atoms with Crippen molar-refractivity contribution in [1.29, 1.82) is 0 Å². The molecular formula is C122H169N7O15. The summed E-state index contributed by atoms with van der Waals surface area (Å²) in [5, 5.41) is 28.6. The van der Waals surface area contributed by atoms with Gasteiger partial charge in [0.15, 0.2) is 5.78 Å². The Kier molecular flexibility index (Phi) is 33.8. The van der Waals surface area contributed by atoms with E-state index in [1.165, 1.54) is 205 Å². The minimum Gasteiger partial charge on any atom is -0.318 e. The van der Waals surface area contributed by atoms with Gasteiger partial charge in [-0.05, 0) is 419 Å². The second-order valence-electron chi connectivity index (χ2n) is 51.4. The van der Waals surface area contributed by atoms with Crippen molar-refractivity contribution in [2.45, 2.75) is 409 Å². The maximum atomic E-state index is 13.0. The van der Waals surface area contributed by atoms with E-state index >= 15 is 0 Å². The van der Waals surface area contributed by atoms with Gasteiger partial charge in [-0.25, -0.2) is 33.6 Å². The van der Waals surface area contributed by atoms with E-state index in [9.17, 15) is 38.4 Å². The lowest BCUT2D eigenvalue weighted by atomic mass is 9.49. The fraction of sp³-hybridized carbons (Fsp3) is 0.730. The molecular weight excluding hydrogens is 1800 g/mol. The van der Waals surface area contributed by atoms with Crippen molar-refractivity contribution >= 4 is 88.6 Å². The summed E-state index contributed by atoms with van der Waals surface area (Å²) in [6.45, 7) is 17.0. The molecule has 0 N–H and O–H groups in total. The van der Waals surface area contributed by atoms with E-state index in [-0.39, 0.29) is 85.4 Å². The van der Waals surface area contributed by atoms with E-state index in [2.05, 4.69) is 70.7 Å². The van der Waals surface area contributed by atoms with Crippen LogP contribution in [0.2, 0.25) is 0 Å². The van der Waals surface area contributed by atoms with Crippen LogP contribution in [0.25, 0.3) is 0 Å². The monoisotopic (exact) mass is 1970 g/mol. The van der Waals surface area contributed by atoms with E-state index < -0.39 is 5.97 Å². The summed E-state index contributed by atoms with van der Waals surface area (Å²) < 4.78 is 0. The molecule has 26 aliphatic rings. The minimum absolute atomic E-state index is 0.00159. The number of hydrogen-bond donors (Lipinski definition) is 0. The van der Waals surface area contributed by atoms with Gasteiger partial charge in [0.25, 0.3) is 0 Å². The summed E-state index contributed by atoms with van der Waals surface area (Å²) >= 11 is 0. The molecule has 22 nitrogen and oxygen atoms in total. The van der Waals surface area contributed by atoms with Crippen LogP contribution in [0.5, 0.6) is 0 Å². The van der Waals surface area contributed by atoms with Crippen LogP contribution < -0.4 is 0 Å². The smallest absolute Gasteiger partial charge is 0.318 e. The molecule has 0 aliphatic heterocycles. The molecule has 4 unspecified atom stereocenters. The molecule has 26 aliphatic carbocycles. The molecule has 0 radical (unpaired) electrons.